The summed E-state index contributed by atoms with van der Waals surface area (Å²) in [7, 11) is 0. The van der Waals surface area contributed by atoms with Crippen molar-refractivity contribution in [3.8, 4) is 0 Å². The Labute approximate surface area is 68.8 Å². The quantitative estimate of drug-likeness (QED) is 0.362. The van der Waals surface area contributed by atoms with Crippen molar-refractivity contribution >= 4 is 23.0 Å². The molecule has 11 heavy (non-hydrogen) atoms. The van der Waals surface area contributed by atoms with E-state index < -0.39 is 0 Å². The standard InChI is InChI=1S/C6H7ClN4/c7-4-1-2-5(10-8)6(3-4)11-9/h1-3,8,11H,9H2. The van der Waals surface area contributed by atoms with Gasteiger partial charge in [0.1, 0.15) is 5.69 Å². The molecule has 0 saturated heterocycles. The first-order chi connectivity index (χ1) is 5.27. The van der Waals surface area contributed by atoms with Crippen LogP contribution < -0.4 is 11.3 Å². The van der Waals surface area contributed by atoms with E-state index in [1.54, 1.807) is 18.2 Å². The number of nitrogen functional groups attached to an aromatic ring is 1. The SMILES string of the molecule is N=Nc1ccc(Cl)cc1NN. The Bertz CT molecular complexity index is 273. The zero-order valence-corrected chi connectivity index (χ0v) is 6.39. The molecule has 0 aliphatic carbocycles. The monoisotopic (exact) mass is 170 g/mol. The topological polar surface area (TPSA) is 74.3 Å². The highest BCUT2D eigenvalue weighted by molar-refractivity contribution is 6.31. The van der Waals surface area contributed by atoms with Crippen molar-refractivity contribution in [1.29, 1.82) is 5.53 Å². The number of rotatable bonds is 2. The predicted octanol–water partition coefficient (Wildman–Crippen LogP) is 2.29. The van der Waals surface area contributed by atoms with E-state index in [2.05, 4.69) is 10.5 Å². The van der Waals surface area contributed by atoms with Gasteiger partial charge in [0.05, 0.1) is 5.69 Å². The lowest BCUT2D eigenvalue weighted by molar-refractivity contribution is 1.14. The summed E-state index contributed by atoms with van der Waals surface area (Å²) in [6, 6.07) is 4.87. The molecule has 0 amide bonds. The molecule has 0 fully saturated rings. The van der Waals surface area contributed by atoms with Crippen LogP contribution in [-0.4, -0.2) is 0 Å². The Hall–Kier alpha value is -1.13. The van der Waals surface area contributed by atoms with Gasteiger partial charge in [0.25, 0.3) is 0 Å². The van der Waals surface area contributed by atoms with Gasteiger partial charge in [0, 0.05) is 5.02 Å². The number of anilines is 1. The molecule has 0 heterocycles. The van der Waals surface area contributed by atoms with Crippen LogP contribution in [0.1, 0.15) is 0 Å². The molecule has 1 aromatic carbocycles. The van der Waals surface area contributed by atoms with Crippen LogP contribution in [0.15, 0.2) is 23.3 Å². The van der Waals surface area contributed by atoms with Crippen molar-refractivity contribution in [2.24, 2.45) is 11.0 Å². The van der Waals surface area contributed by atoms with Crippen molar-refractivity contribution in [2.45, 2.75) is 0 Å². The van der Waals surface area contributed by atoms with Gasteiger partial charge in [-0.2, -0.15) is 5.11 Å². The van der Waals surface area contributed by atoms with Crippen LogP contribution in [0, 0.1) is 5.53 Å². The van der Waals surface area contributed by atoms with Gasteiger partial charge < -0.3 is 5.43 Å². The maximum absolute atomic E-state index is 6.74. The van der Waals surface area contributed by atoms with Crippen LogP contribution in [0.5, 0.6) is 0 Å². The van der Waals surface area contributed by atoms with Gasteiger partial charge in [-0.15, -0.1) is 0 Å². The fourth-order valence-corrected chi connectivity index (χ4v) is 0.893. The first-order valence-electron chi connectivity index (χ1n) is 2.91. The van der Waals surface area contributed by atoms with E-state index in [1.165, 1.54) is 0 Å². The number of hydrogen-bond donors (Lipinski definition) is 3. The third-order valence-electron chi connectivity index (χ3n) is 1.23. The molecule has 4 N–H and O–H groups in total. The van der Waals surface area contributed by atoms with Crippen LogP contribution in [-0.2, 0) is 0 Å². The zero-order valence-electron chi connectivity index (χ0n) is 5.63. The Morgan fingerprint density at radius 3 is 2.82 bits per heavy atom. The van der Waals surface area contributed by atoms with Crippen LogP contribution in [0.3, 0.4) is 0 Å². The van der Waals surface area contributed by atoms with Crippen LogP contribution >= 0.6 is 11.6 Å². The maximum Gasteiger partial charge on any atom is 0.109 e. The lowest BCUT2D eigenvalue weighted by atomic mass is 10.3. The highest BCUT2D eigenvalue weighted by Gasteiger charge is 1.98. The number of hydrazine groups is 1. The molecule has 0 atom stereocenters. The third-order valence-corrected chi connectivity index (χ3v) is 1.47. The third kappa shape index (κ3) is 1.66. The minimum atomic E-state index is 0.469. The summed E-state index contributed by atoms with van der Waals surface area (Å²) in [5, 5.41) is 3.79. The average molecular weight is 171 g/mol. The summed E-state index contributed by atoms with van der Waals surface area (Å²) in [5.41, 5.74) is 10.2. The molecule has 0 radical (unpaired) electrons. The molecule has 4 nitrogen and oxygen atoms in total. The number of nitrogens with one attached hydrogen (secondary N) is 2. The Balaban J connectivity index is 3.16. The fourth-order valence-electron chi connectivity index (χ4n) is 0.721. The number of nitrogens with zero attached hydrogens (tertiary/aromatic N) is 1. The molecule has 0 bridgehead atoms. The van der Waals surface area contributed by atoms with E-state index in [0.29, 0.717) is 16.4 Å². The highest BCUT2D eigenvalue weighted by Crippen LogP contribution is 2.26. The van der Waals surface area contributed by atoms with Gasteiger partial charge >= 0.3 is 0 Å². The molecule has 0 aliphatic heterocycles. The van der Waals surface area contributed by atoms with Crippen LogP contribution in [0.25, 0.3) is 0 Å². The molecule has 1 rings (SSSR count). The van der Waals surface area contributed by atoms with Crippen molar-refractivity contribution in [2.75, 3.05) is 5.43 Å². The Morgan fingerprint density at radius 1 is 1.55 bits per heavy atom. The van der Waals surface area contributed by atoms with Crippen molar-refractivity contribution < 1.29 is 0 Å². The summed E-state index contributed by atoms with van der Waals surface area (Å²) in [4.78, 5) is 0. The minimum Gasteiger partial charge on any atom is -0.322 e. The number of hydrogen-bond acceptors (Lipinski definition) is 4. The molecule has 0 saturated carbocycles. The molecule has 0 aromatic heterocycles. The molecule has 0 spiro atoms. The van der Waals surface area contributed by atoms with Crippen molar-refractivity contribution in [3.63, 3.8) is 0 Å². The van der Waals surface area contributed by atoms with Crippen molar-refractivity contribution in [1.82, 2.24) is 0 Å². The molecule has 58 valence electrons. The number of nitrogens with two attached hydrogens (primary N) is 1. The molecular weight excluding hydrogens is 164 g/mol. The summed E-state index contributed by atoms with van der Waals surface area (Å²) < 4.78 is 0. The van der Waals surface area contributed by atoms with Gasteiger partial charge in [0.2, 0.25) is 0 Å². The Morgan fingerprint density at radius 2 is 2.27 bits per heavy atom. The normalized spacial score (nSPS) is 9.27. The molecule has 5 heteroatoms. The van der Waals surface area contributed by atoms with Crippen molar-refractivity contribution in [3.05, 3.63) is 23.2 Å². The highest BCUT2D eigenvalue weighted by atomic mass is 35.5. The van der Waals surface area contributed by atoms with Gasteiger partial charge in [-0.05, 0) is 18.2 Å². The predicted molar refractivity (Wildman–Crippen MR) is 44.1 cm³/mol. The van der Waals surface area contributed by atoms with E-state index in [1.807, 2.05) is 0 Å². The number of halogens is 1. The minimum absolute atomic E-state index is 0.469. The van der Waals surface area contributed by atoms with Crippen LogP contribution in [0.2, 0.25) is 5.02 Å². The summed E-state index contributed by atoms with van der Waals surface area (Å²) in [5.74, 6) is 5.14. The average Bonchev–Trinajstić information content (AvgIpc) is 2.04. The second-order valence-corrected chi connectivity index (χ2v) is 2.35. The van der Waals surface area contributed by atoms with E-state index in [0.717, 1.165) is 0 Å². The second kappa shape index (κ2) is 3.32. The van der Waals surface area contributed by atoms with Crippen LogP contribution in [0.4, 0.5) is 11.4 Å². The number of benzene rings is 1. The summed E-state index contributed by atoms with van der Waals surface area (Å²) >= 11 is 5.65. The lowest BCUT2D eigenvalue weighted by Crippen LogP contribution is -2.06. The largest absolute Gasteiger partial charge is 0.322 e. The van der Waals surface area contributed by atoms with Gasteiger partial charge in [-0.25, -0.2) is 5.53 Å². The summed E-state index contributed by atoms with van der Waals surface area (Å²) in [6.45, 7) is 0. The van der Waals surface area contributed by atoms with Gasteiger partial charge in [0.15, 0.2) is 0 Å². The summed E-state index contributed by atoms with van der Waals surface area (Å²) in [6.07, 6.45) is 0. The smallest absolute Gasteiger partial charge is 0.109 e. The molecule has 0 aliphatic rings. The first kappa shape index (κ1) is 7.97. The molecule has 0 unspecified atom stereocenters. The maximum atomic E-state index is 6.74. The zero-order chi connectivity index (χ0) is 8.27. The fraction of sp³-hybridized carbons (Fsp3) is 0. The van der Waals surface area contributed by atoms with E-state index in [9.17, 15) is 0 Å². The second-order valence-electron chi connectivity index (χ2n) is 1.92. The van der Waals surface area contributed by atoms with E-state index in [4.69, 9.17) is 23.0 Å². The van der Waals surface area contributed by atoms with Gasteiger partial charge in [-0.3, -0.25) is 5.84 Å². The Kier molecular flexibility index (Phi) is 2.40. The first-order valence-corrected chi connectivity index (χ1v) is 3.29. The molecular formula is C6H7ClN4. The van der Waals surface area contributed by atoms with E-state index >= 15 is 0 Å². The molecule has 1 aromatic rings. The van der Waals surface area contributed by atoms with Gasteiger partial charge in [-0.1, -0.05) is 11.6 Å². The lowest BCUT2D eigenvalue weighted by Gasteiger charge is -2.02. The van der Waals surface area contributed by atoms with E-state index in [-0.39, 0.29) is 0 Å².